The largest absolute Gasteiger partial charge is 0.534 e. The summed E-state index contributed by atoms with van der Waals surface area (Å²) in [5.41, 5.74) is -0.801. The van der Waals surface area contributed by atoms with E-state index in [2.05, 4.69) is 24.2 Å². The van der Waals surface area contributed by atoms with Gasteiger partial charge in [0, 0.05) is 0 Å². The predicted molar refractivity (Wildman–Crippen MR) is 45.0 cm³/mol. The second-order valence-corrected chi connectivity index (χ2v) is 1.97. The number of carbonyl (C=O) groups excluding carboxylic acids is 3. The van der Waals surface area contributed by atoms with Crippen molar-refractivity contribution in [2.24, 2.45) is 5.16 Å². The number of carbonyl (C=O) groups is 3. The lowest BCUT2D eigenvalue weighted by atomic mass is 10.4. The van der Waals surface area contributed by atoms with Crippen LogP contribution < -0.4 is 0 Å². The summed E-state index contributed by atoms with van der Waals surface area (Å²) < 4.78 is 12.5. The third-order valence-electron chi connectivity index (χ3n) is 1.14. The third kappa shape index (κ3) is 4.07. The second kappa shape index (κ2) is 6.35. The Bertz CT molecular complexity index is 278. The lowest BCUT2D eigenvalue weighted by molar-refractivity contribution is -0.138. The first-order valence-corrected chi connectivity index (χ1v) is 3.56. The van der Waals surface area contributed by atoms with Gasteiger partial charge in [0.15, 0.2) is 0 Å². The third-order valence-corrected chi connectivity index (χ3v) is 1.14. The van der Waals surface area contributed by atoms with Gasteiger partial charge in [-0.25, -0.2) is 14.4 Å². The Morgan fingerprint density at radius 1 is 0.867 bits per heavy atom. The Hall–Kier alpha value is -2.12. The number of methoxy groups -OCH3 is 3. The average Bonchev–Trinajstić information content (AvgIpc) is 2.27. The smallest absolute Gasteiger partial charge is 0.464 e. The number of rotatable bonds is 3. The zero-order chi connectivity index (χ0) is 11.8. The van der Waals surface area contributed by atoms with E-state index in [1.807, 2.05) is 0 Å². The van der Waals surface area contributed by atoms with Crippen molar-refractivity contribution >= 4 is 23.8 Å². The molecule has 0 fully saturated rings. The van der Waals surface area contributed by atoms with Gasteiger partial charge in [-0.05, 0) is 0 Å². The van der Waals surface area contributed by atoms with Crippen molar-refractivity contribution in [1.29, 1.82) is 0 Å². The van der Waals surface area contributed by atoms with Crippen LogP contribution in [0.5, 0.6) is 0 Å². The molecule has 0 saturated heterocycles. The lowest BCUT2D eigenvalue weighted by Crippen LogP contribution is -2.27. The summed E-state index contributed by atoms with van der Waals surface area (Å²) >= 11 is 0. The molecule has 0 spiro atoms. The van der Waals surface area contributed by atoms with Crippen molar-refractivity contribution in [1.82, 2.24) is 0 Å². The Morgan fingerprint density at radius 3 is 1.67 bits per heavy atom. The summed E-state index contributed by atoms with van der Waals surface area (Å²) in [6.07, 6.45) is -1.18. The number of ether oxygens (including phenoxy) is 3. The summed E-state index contributed by atoms with van der Waals surface area (Å²) in [6, 6.07) is 0. The Morgan fingerprint density at radius 2 is 1.33 bits per heavy atom. The Kier molecular flexibility index (Phi) is 5.45. The lowest BCUT2D eigenvalue weighted by Gasteiger charge is -2.00. The summed E-state index contributed by atoms with van der Waals surface area (Å²) in [5, 5.41) is 2.93. The van der Waals surface area contributed by atoms with Gasteiger partial charge < -0.3 is 14.2 Å². The highest BCUT2D eigenvalue weighted by atomic mass is 16.8. The van der Waals surface area contributed by atoms with Gasteiger partial charge in [0.1, 0.15) is 0 Å². The summed E-state index contributed by atoms with van der Waals surface area (Å²) in [6.45, 7) is 0. The van der Waals surface area contributed by atoms with Gasteiger partial charge in [0.2, 0.25) is 0 Å². The molecule has 15 heavy (non-hydrogen) atoms. The molecule has 0 rings (SSSR count). The molecule has 0 unspecified atom stereocenters. The number of oxime groups is 1. The summed E-state index contributed by atoms with van der Waals surface area (Å²) in [4.78, 5) is 36.4. The van der Waals surface area contributed by atoms with E-state index >= 15 is 0 Å². The van der Waals surface area contributed by atoms with Crippen LogP contribution in [-0.2, 0) is 28.6 Å². The van der Waals surface area contributed by atoms with Crippen LogP contribution in [0.25, 0.3) is 0 Å². The SMILES string of the molecule is COC(=O)ON=C(C(=O)OC)C(=O)OC. The molecule has 0 atom stereocenters. The fourth-order valence-corrected chi connectivity index (χ4v) is 0.471. The molecule has 0 aromatic carbocycles. The molecular weight excluding hydrogens is 210 g/mol. The minimum absolute atomic E-state index is 0.801. The molecular formula is C7H9NO7. The van der Waals surface area contributed by atoms with Crippen LogP contribution in [0.4, 0.5) is 4.79 Å². The molecule has 8 nitrogen and oxygen atoms in total. The normalized spacial score (nSPS) is 8.47. The highest BCUT2D eigenvalue weighted by Crippen LogP contribution is 1.91. The average molecular weight is 219 g/mol. The Labute approximate surface area is 84.7 Å². The van der Waals surface area contributed by atoms with Crippen molar-refractivity contribution in [3.63, 3.8) is 0 Å². The maximum atomic E-state index is 10.9. The topological polar surface area (TPSA) is 100 Å². The van der Waals surface area contributed by atoms with E-state index < -0.39 is 23.8 Å². The predicted octanol–water partition coefficient (Wildman–Crippen LogP) is -0.529. The van der Waals surface area contributed by atoms with E-state index in [1.54, 1.807) is 0 Å². The van der Waals surface area contributed by atoms with Crippen LogP contribution in [0.2, 0.25) is 0 Å². The molecule has 84 valence electrons. The molecule has 0 aliphatic rings. The van der Waals surface area contributed by atoms with Crippen LogP contribution in [-0.4, -0.2) is 45.1 Å². The van der Waals surface area contributed by atoms with Crippen molar-refractivity contribution in [2.45, 2.75) is 0 Å². The quantitative estimate of drug-likeness (QED) is 0.157. The standard InChI is InChI=1S/C7H9NO7/c1-12-5(9)4(6(10)13-2)8-15-7(11)14-3/h1-3H3. The molecule has 0 aliphatic carbocycles. The van der Waals surface area contributed by atoms with Gasteiger partial charge in [-0.3, -0.25) is 4.84 Å². The maximum absolute atomic E-state index is 10.9. The fraction of sp³-hybridized carbons (Fsp3) is 0.429. The van der Waals surface area contributed by atoms with Crippen molar-refractivity contribution in [3.05, 3.63) is 0 Å². The van der Waals surface area contributed by atoms with Crippen LogP contribution in [0.3, 0.4) is 0 Å². The van der Waals surface area contributed by atoms with Gasteiger partial charge in [0.25, 0.3) is 5.71 Å². The van der Waals surface area contributed by atoms with Crippen LogP contribution in [0, 0.1) is 0 Å². The highest BCUT2D eigenvalue weighted by Gasteiger charge is 2.24. The molecule has 0 aromatic rings. The Balaban J connectivity index is 4.70. The van der Waals surface area contributed by atoms with Crippen LogP contribution >= 0.6 is 0 Å². The van der Waals surface area contributed by atoms with Crippen molar-refractivity contribution in [2.75, 3.05) is 21.3 Å². The van der Waals surface area contributed by atoms with Gasteiger partial charge in [-0.2, -0.15) is 0 Å². The monoisotopic (exact) mass is 219 g/mol. The van der Waals surface area contributed by atoms with E-state index in [4.69, 9.17) is 0 Å². The zero-order valence-corrected chi connectivity index (χ0v) is 8.30. The fourth-order valence-electron chi connectivity index (χ4n) is 0.471. The number of nitrogens with zero attached hydrogens (tertiary/aromatic N) is 1. The van der Waals surface area contributed by atoms with Gasteiger partial charge in [0.05, 0.1) is 21.3 Å². The maximum Gasteiger partial charge on any atom is 0.534 e. The van der Waals surface area contributed by atoms with E-state index in [0.717, 1.165) is 21.3 Å². The minimum Gasteiger partial charge on any atom is -0.464 e. The number of esters is 2. The van der Waals surface area contributed by atoms with Crippen molar-refractivity contribution in [3.8, 4) is 0 Å². The molecule has 8 heteroatoms. The van der Waals surface area contributed by atoms with E-state index in [0.29, 0.717) is 0 Å². The van der Waals surface area contributed by atoms with Gasteiger partial charge >= 0.3 is 18.1 Å². The molecule has 0 heterocycles. The van der Waals surface area contributed by atoms with Crippen molar-refractivity contribution < 1.29 is 33.4 Å². The van der Waals surface area contributed by atoms with Crippen LogP contribution in [0.1, 0.15) is 0 Å². The molecule has 0 radical (unpaired) electrons. The zero-order valence-electron chi connectivity index (χ0n) is 8.30. The van der Waals surface area contributed by atoms with Crippen LogP contribution in [0.15, 0.2) is 5.16 Å². The molecule has 0 aliphatic heterocycles. The molecule has 0 aromatic heterocycles. The minimum atomic E-state index is -1.18. The number of hydrogen-bond acceptors (Lipinski definition) is 8. The summed E-state index contributed by atoms with van der Waals surface area (Å²) in [5.74, 6) is -2.18. The molecule has 0 saturated carbocycles. The molecule has 0 N–H and O–H groups in total. The van der Waals surface area contributed by atoms with Gasteiger partial charge in [-0.15, -0.1) is 0 Å². The van der Waals surface area contributed by atoms with E-state index in [9.17, 15) is 14.4 Å². The second-order valence-electron chi connectivity index (χ2n) is 1.97. The first-order valence-electron chi connectivity index (χ1n) is 3.56. The molecule has 0 bridgehead atoms. The van der Waals surface area contributed by atoms with E-state index in [1.165, 1.54) is 0 Å². The summed E-state index contributed by atoms with van der Waals surface area (Å²) in [7, 11) is 3.09. The molecule has 0 amide bonds. The highest BCUT2D eigenvalue weighted by molar-refractivity contribution is 6.62. The van der Waals surface area contributed by atoms with Gasteiger partial charge in [-0.1, -0.05) is 5.16 Å². The number of hydrogen-bond donors (Lipinski definition) is 0. The first kappa shape index (κ1) is 12.9. The van der Waals surface area contributed by atoms with E-state index in [-0.39, 0.29) is 0 Å². The first-order chi connectivity index (χ1) is 7.06.